The van der Waals surface area contributed by atoms with Crippen LogP contribution >= 0.6 is 0 Å². The molecule has 0 unspecified atom stereocenters. The predicted molar refractivity (Wildman–Crippen MR) is 131 cm³/mol. The summed E-state index contributed by atoms with van der Waals surface area (Å²) in [5.41, 5.74) is 2.14. The van der Waals surface area contributed by atoms with Gasteiger partial charge in [-0.25, -0.2) is 9.97 Å². The molecular formula is C28H40N2O2. The third kappa shape index (κ3) is 8.03. The maximum Gasteiger partial charge on any atom is 0.314 e. The summed E-state index contributed by atoms with van der Waals surface area (Å²) in [6.45, 7) is 4.52. The molecule has 0 saturated heterocycles. The van der Waals surface area contributed by atoms with E-state index in [-0.39, 0.29) is 11.9 Å². The van der Waals surface area contributed by atoms with E-state index in [1.807, 2.05) is 36.7 Å². The maximum absolute atomic E-state index is 12.4. The summed E-state index contributed by atoms with van der Waals surface area (Å²) in [5, 5.41) is 0. The Kier molecular flexibility index (Phi) is 10.2. The monoisotopic (exact) mass is 436 g/mol. The van der Waals surface area contributed by atoms with Gasteiger partial charge in [-0.3, -0.25) is 4.79 Å². The van der Waals surface area contributed by atoms with Crippen molar-refractivity contribution < 1.29 is 9.53 Å². The second kappa shape index (κ2) is 13.3. The van der Waals surface area contributed by atoms with Gasteiger partial charge in [0.25, 0.3) is 0 Å². The Labute approximate surface area is 194 Å². The lowest BCUT2D eigenvalue weighted by Gasteiger charge is -2.24. The fourth-order valence-corrected chi connectivity index (χ4v) is 4.46. The lowest BCUT2D eigenvalue weighted by atomic mass is 9.83. The van der Waals surface area contributed by atoms with Crippen LogP contribution in [0.3, 0.4) is 0 Å². The molecule has 4 heteroatoms. The number of aromatic nitrogens is 2. The fraction of sp³-hybridized carbons (Fsp3) is 0.607. The lowest BCUT2D eigenvalue weighted by Crippen LogP contribution is -2.24. The normalized spacial score (nSPS) is 18.4. The van der Waals surface area contributed by atoms with Crippen molar-refractivity contribution in [3.05, 3.63) is 42.2 Å². The lowest BCUT2D eigenvalue weighted by molar-refractivity contribution is -0.140. The van der Waals surface area contributed by atoms with E-state index in [4.69, 9.17) is 4.74 Å². The number of esters is 1. The van der Waals surface area contributed by atoms with E-state index >= 15 is 0 Å². The van der Waals surface area contributed by atoms with Crippen molar-refractivity contribution in [3.63, 3.8) is 0 Å². The second-order valence-corrected chi connectivity index (χ2v) is 9.54. The fourth-order valence-electron chi connectivity index (χ4n) is 4.46. The molecule has 0 radical (unpaired) electrons. The largest absolute Gasteiger partial charge is 0.426 e. The first-order valence-corrected chi connectivity index (χ1v) is 12.8. The number of unbranched alkanes of at least 4 members (excludes halogenated alkanes) is 7. The van der Waals surface area contributed by atoms with Crippen LogP contribution in [0.15, 0.2) is 36.7 Å². The molecule has 0 aliphatic heterocycles. The number of hydrogen-bond donors (Lipinski definition) is 0. The van der Waals surface area contributed by atoms with E-state index in [1.54, 1.807) is 0 Å². The van der Waals surface area contributed by atoms with Crippen molar-refractivity contribution in [3.8, 4) is 17.1 Å². The molecule has 1 aliphatic rings. The maximum atomic E-state index is 12.4. The summed E-state index contributed by atoms with van der Waals surface area (Å²) in [7, 11) is 0. The van der Waals surface area contributed by atoms with E-state index < -0.39 is 0 Å². The molecule has 1 aromatic carbocycles. The highest BCUT2D eigenvalue weighted by molar-refractivity contribution is 5.75. The van der Waals surface area contributed by atoms with Crippen molar-refractivity contribution in [1.82, 2.24) is 9.97 Å². The minimum atomic E-state index is -0.0915. The highest BCUT2D eigenvalue weighted by atomic mass is 16.5. The van der Waals surface area contributed by atoms with Gasteiger partial charge in [0.05, 0.1) is 5.92 Å². The smallest absolute Gasteiger partial charge is 0.314 e. The van der Waals surface area contributed by atoms with Crippen LogP contribution in [-0.2, 0) is 11.2 Å². The van der Waals surface area contributed by atoms with Crippen LogP contribution in [0.1, 0.15) is 96.5 Å². The van der Waals surface area contributed by atoms with Crippen LogP contribution in [0, 0.1) is 11.8 Å². The van der Waals surface area contributed by atoms with Crippen LogP contribution in [0.2, 0.25) is 0 Å². The van der Waals surface area contributed by atoms with E-state index in [9.17, 15) is 4.79 Å². The first kappa shape index (κ1) is 24.4. The highest BCUT2D eigenvalue weighted by Crippen LogP contribution is 2.30. The molecule has 32 heavy (non-hydrogen) atoms. The molecule has 1 aromatic heterocycles. The quantitative estimate of drug-likeness (QED) is 0.196. The number of nitrogens with zero attached hydrogens (tertiary/aromatic N) is 2. The van der Waals surface area contributed by atoms with Gasteiger partial charge in [0, 0.05) is 18.0 Å². The zero-order valence-electron chi connectivity index (χ0n) is 20.0. The SMILES string of the molecule is CCCCCCCCCCc1cnc(-c2ccc(OC(=O)C3CCC(C)CC3)cc2)nc1. The van der Waals surface area contributed by atoms with Crippen LogP contribution in [-0.4, -0.2) is 15.9 Å². The molecule has 1 heterocycles. The van der Waals surface area contributed by atoms with Gasteiger partial charge in [-0.05, 0) is 74.3 Å². The molecule has 2 aromatic rings. The van der Waals surface area contributed by atoms with Crippen LogP contribution in [0.4, 0.5) is 0 Å². The summed E-state index contributed by atoms with van der Waals surface area (Å²) in [4.78, 5) is 21.5. The van der Waals surface area contributed by atoms with E-state index in [1.165, 1.54) is 56.9 Å². The van der Waals surface area contributed by atoms with Gasteiger partial charge in [0.1, 0.15) is 5.75 Å². The van der Waals surface area contributed by atoms with E-state index in [2.05, 4.69) is 23.8 Å². The van der Waals surface area contributed by atoms with Crippen molar-refractivity contribution in [1.29, 1.82) is 0 Å². The minimum Gasteiger partial charge on any atom is -0.426 e. The molecule has 0 atom stereocenters. The Morgan fingerprint density at radius 3 is 2.09 bits per heavy atom. The van der Waals surface area contributed by atoms with Crippen LogP contribution in [0.25, 0.3) is 11.4 Å². The third-order valence-electron chi connectivity index (χ3n) is 6.70. The Balaban J connectivity index is 1.40. The Hall–Kier alpha value is -2.23. The summed E-state index contributed by atoms with van der Waals surface area (Å²) in [6.07, 6.45) is 19.7. The second-order valence-electron chi connectivity index (χ2n) is 9.54. The van der Waals surface area contributed by atoms with Crippen LogP contribution < -0.4 is 4.74 Å². The van der Waals surface area contributed by atoms with E-state index in [0.29, 0.717) is 11.6 Å². The zero-order chi connectivity index (χ0) is 22.6. The van der Waals surface area contributed by atoms with Crippen molar-refractivity contribution >= 4 is 5.97 Å². The molecular weight excluding hydrogens is 396 g/mol. The Bertz CT molecular complexity index is 793. The zero-order valence-corrected chi connectivity index (χ0v) is 20.0. The molecule has 1 fully saturated rings. The van der Waals surface area contributed by atoms with Gasteiger partial charge in [0.15, 0.2) is 5.82 Å². The molecule has 3 rings (SSSR count). The number of carbonyl (C=O) groups is 1. The highest BCUT2D eigenvalue weighted by Gasteiger charge is 2.25. The van der Waals surface area contributed by atoms with Crippen LogP contribution in [0.5, 0.6) is 5.75 Å². The number of hydrogen-bond acceptors (Lipinski definition) is 4. The standard InChI is InChI=1S/C28H40N2O2/c1-3-4-5-6-7-8-9-10-11-23-20-29-27(30-21-23)24-16-18-26(19-17-24)32-28(31)25-14-12-22(2)13-15-25/h16-22,25H,3-15H2,1-2H3. The molecule has 4 nitrogen and oxygen atoms in total. The Morgan fingerprint density at radius 1 is 0.875 bits per heavy atom. The first-order chi connectivity index (χ1) is 15.7. The van der Waals surface area contributed by atoms with E-state index in [0.717, 1.165) is 43.6 Å². The number of benzene rings is 1. The topological polar surface area (TPSA) is 52.1 Å². The molecule has 0 N–H and O–H groups in total. The van der Waals surface area contributed by atoms with Crippen molar-refractivity contribution in [2.24, 2.45) is 11.8 Å². The minimum absolute atomic E-state index is 0.0443. The summed E-state index contributed by atoms with van der Waals surface area (Å²) in [5.74, 6) is 1.99. The van der Waals surface area contributed by atoms with Gasteiger partial charge >= 0.3 is 5.97 Å². The molecule has 1 saturated carbocycles. The van der Waals surface area contributed by atoms with Crippen molar-refractivity contribution in [2.75, 3.05) is 0 Å². The van der Waals surface area contributed by atoms with Gasteiger partial charge in [-0.2, -0.15) is 0 Å². The van der Waals surface area contributed by atoms with Gasteiger partial charge in [0.2, 0.25) is 0 Å². The number of ether oxygens (including phenoxy) is 1. The molecule has 0 bridgehead atoms. The molecule has 0 amide bonds. The molecule has 0 spiro atoms. The average molecular weight is 437 g/mol. The number of carbonyl (C=O) groups excluding carboxylic acids is 1. The van der Waals surface area contributed by atoms with Gasteiger partial charge in [-0.1, -0.05) is 58.8 Å². The van der Waals surface area contributed by atoms with Gasteiger partial charge in [-0.15, -0.1) is 0 Å². The van der Waals surface area contributed by atoms with Crippen molar-refractivity contribution in [2.45, 2.75) is 97.3 Å². The summed E-state index contributed by atoms with van der Waals surface area (Å²) in [6, 6.07) is 7.55. The number of rotatable bonds is 12. The first-order valence-electron chi connectivity index (χ1n) is 12.8. The summed E-state index contributed by atoms with van der Waals surface area (Å²) < 4.78 is 5.61. The predicted octanol–water partition coefficient (Wildman–Crippen LogP) is 7.56. The summed E-state index contributed by atoms with van der Waals surface area (Å²) >= 11 is 0. The Morgan fingerprint density at radius 2 is 1.47 bits per heavy atom. The molecule has 174 valence electrons. The average Bonchev–Trinajstić information content (AvgIpc) is 2.82. The molecule has 1 aliphatic carbocycles. The number of aryl methyl sites for hydroxylation is 1. The van der Waals surface area contributed by atoms with Gasteiger partial charge < -0.3 is 4.74 Å². The third-order valence-corrected chi connectivity index (χ3v) is 6.70.